The zero-order chi connectivity index (χ0) is 29.0. The molecule has 0 aromatic rings. The third-order valence-electron chi connectivity index (χ3n) is 7.40. The molecule has 5 N–H and O–H groups in total. The Balaban J connectivity index is 3.90. The number of hydrogen-bond acceptors (Lipinski definition) is 5. The van der Waals surface area contributed by atoms with Crippen LogP contribution in [0, 0.1) is 0 Å². The summed E-state index contributed by atoms with van der Waals surface area (Å²) in [6, 6.07) is -1.00. The Morgan fingerprint density at radius 1 is 0.641 bits per heavy atom. The van der Waals surface area contributed by atoms with Gasteiger partial charge in [-0.25, -0.2) is 0 Å². The molecule has 0 saturated carbocycles. The molecule has 0 radical (unpaired) electrons. The van der Waals surface area contributed by atoms with Gasteiger partial charge in [0.05, 0.1) is 18.8 Å². The fraction of sp³-hybridized carbons (Fsp3) is 0.848. The molecule has 0 spiro atoms. The van der Waals surface area contributed by atoms with Gasteiger partial charge in [-0.3, -0.25) is 4.79 Å². The largest absolute Gasteiger partial charge is 0.394 e. The van der Waals surface area contributed by atoms with Crippen molar-refractivity contribution in [3.8, 4) is 0 Å². The lowest BCUT2D eigenvalue weighted by atomic mass is 10.00. The van der Waals surface area contributed by atoms with Crippen LogP contribution in [0.3, 0.4) is 0 Å². The van der Waals surface area contributed by atoms with Crippen molar-refractivity contribution in [3.63, 3.8) is 0 Å². The smallest absolute Gasteiger partial charge is 0.249 e. The van der Waals surface area contributed by atoms with Gasteiger partial charge in [-0.1, -0.05) is 128 Å². The van der Waals surface area contributed by atoms with Crippen LogP contribution in [-0.2, 0) is 4.79 Å². The second kappa shape index (κ2) is 28.3. The van der Waals surface area contributed by atoms with Gasteiger partial charge >= 0.3 is 0 Å². The van der Waals surface area contributed by atoms with E-state index in [2.05, 4.69) is 43.5 Å². The fourth-order valence-electron chi connectivity index (χ4n) is 4.78. The van der Waals surface area contributed by atoms with E-state index in [1.54, 1.807) is 0 Å². The van der Waals surface area contributed by atoms with Crippen LogP contribution in [0.15, 0.2) is 24.3 Å². The highest BCUT2D eigenvalue weighted by molar-refractivity contribution is 5.80. The molecule has 0 fully saturated rings. The number of aliphatic hydroxyl groups excluding tert-OH is 4. The highest BCUT2D eigenvalue weighted by Crippen LogP contribution is 2.14. The Kier molecular flexibility index (Phi) is 27.4. The number of rotatable bonds is 28. The lowest BCUT2D eigenvalue weighted by Gasteiger charge is -2.27. The zero-order valence-electron chi connectivity index (χ0n) is 25.4. The van der Waals surface area contributed by atoms with E-state index in [-0.39, 0.29) is 0 Å². The summed E-state index contributed by atoms with van der Waals surface area (Å²) in [5.74, 6) is -0.602. The van der Waals surface area contributed by atoms with E-state index in [1.165, 1.54) is 70.6 Å². The Labute approximate surface area is 240 Å². The van der Waals surface area contributed by atoms with E-state index in [9.17, 15) is 25.2 Å². The van der Waals surface area contributed by atoms with Crippen molar-refractivity contribution >= 4 is 5.91 Å². The maximum Gasteiger partial charge on any atom is 0.249 e. The number of aliphatic hydroxyl groups is 4. The first-order valence-electron chi connectivity index (χ1n) is 16.2. The maximum atomic E-state index is 12.4. The summed E-state index contributed by atoms with van der Waals surface area (Å²) < 4.78 is 0. The SMILES string of the molecule is CC/C=C/CC/C=C/CCCC(O)C(O)C(CO)NC(=O)C(O)CCCCCCCCCCCCCCCC. The summed E-state index contributed by atoms with van der Waals surface area (Å²) in [6.45, 7) is 3.87. The van der Waals surface area contributed by atoms with Crippen molar-refractivity contribution < 1.29 is 25.2 Å². The van der Waals surface area contributed by atoms with Crippen LogP contribution in [0.25, 0.3) is 0 Å². The predicted molar refractivity (Wildman–Crippen MR) is 164 cm³/mol. The van der Waals surface area contributed by atoms with Gasteiger partial charge in [0.15, 0.2) is 0 Å². The van der Waals surface area contributed by atoms with E-state index >= 15 is 0 Å². The second-order valence-corrected chi connectivity index (χ2v) is 11.1. The first kappa shape index (κ1) is 37.8. The lowest BCUT2D eigenvalue weighted by molar-refractivity contribution is -0.132. The minimum Gasteiger partial charge on any atom is -0.394 e. The summed E-state index contributed by atoms with van der Waals surface area (Å²) in [4.78, 5) is 12.4. The third-order valence-corrected chi connectivity index (χ3v) is 7.40. The van der Waals surface area contributed by atoms with Gasteiger partial charge in [0.25, 0.3) is 0 Å². The van der Waals surface area contributed by atoms with Gasteiger partial charge in [0.2, 0.25) is 5.91 Å². The molecular formula is C33H63NO5. The Morgan fingerprint density at radius 2 is 1.13 bits per heavy atom. The average molecular weight is 554 g/mol. The molecular weight excluding hydrogens is 490 g/mol. The Bertz CT molecular complexity index is 595. The van der Waals surface area contributed by atoms with E-state index in [0.29, 0.717) is 19.3 Å². The molecule has 0 aromatic heterocycles. The van der Waals surface area contributed by atoms with Crippen LogP contribution < -0.4 is 5.32 Å². The molecule has 4 atom stereocenters. The van der Waals surface area contributed by atoms with E-state index in [1.807, 2.05) is 0 Å². The molecule has 39 heavy (non-hydrogen) atoms. The minimum absolute atomic E-state index is 0.362. The van der Waals surface area contributed by atoms with Gasteiger partial charge in [-0.15, -0.1) is 0 Å². The van der Waals surface area contributed by atoms with Crippen LogP contribution in [0.1, 0.15) is 149 Å². The van der Waals surface area contributed by atoms with Gasteiger partial charge < -0.3 is 25.7 Å². The first-order chi connectivity index (χ1) is 19.0. The summed E-state index contributed by atoms with van der Waals surface area (Å²) in [5, 5.41) is 43.1. The fourth-order valence-corrected chi connectivity index (χ4v) is 4.78. The molecule has 0 aliphatic carbocycles. The standard InChI is InChI=1S/C33H63NO5/c1-3-5-7-9-11-13-14-15-16-17-19-21-23-25-27-31(37)33(39)34-29(28-35)32(38)30(36)26-24-22-20-18-12-10-8-6-4-2/h6,8,18,20,29-32,35-38H,3-5,7,9-17,19,21-28H2,1-2H3,(H,34,39)/b8-6+,20-18+. The molecule has 0 bridgehead atoms. The van der Waals surface area contributed by atoms with Crippen molar-refractivity contribution in [1.29, 1.82) is 0 Å². The number of allylic oxidation sites excluding steroid dienone is 4. The molecule has 0 aliphatic heterocycles. The molecule has 6 nitrogen and oxygen atoms in total. The number of carbonyl (C=O) groups excluding carboxylic acids is 1. The molecule has 6 heteroatoms. The monoisotopic (exact) mass is 553 g/mol. The van der Waals surface area contributed by atoms with E-state index in [4.69, 9.17) is 0 Å². The molecule has 0 saturated heterocycles. The molecule has 0 heterocycles. The maximum absolute atomic E-state index is 12.4. The summed E-state index contributed by atoms with van der Waals surface area (Å²) >= 11 is 0. The number of hydrogen-bond donors (Lipinski definition) is 5. The van der Waals surface area contributed by atoms with Gasteiger partial charge in [-0.2, -0.15) is 0 Å². The van der Waals surface area contributed by atoms with Gasteiger partial charge in [0, 0.05) is 0 Å². The first-order valence-corrected chi connectivity index (χ1v) is 16.2. The molecule has 0 aliphatic rings. The molecule has 1 amide bonds. The van der Waals surface area contributed by atoms with Crippen LogP contribution >= 0.6 is 0 Å². The van der Waals surface area contributed by atoms with Crippen LogP contribution in [0.5, 0.6) is 0 Å². The van der Waals surface area contributed by atoms with Crippen LogP contribution in [-0.4, -0.2) is 57.3 Å². The topological polar surface area (TPSA) is 110 Å². The Morgan fingerprint density at radius 3 is 1.64 bits per heavy atom. The number of amides is 1. The van der Waals surface area contributed by atoms with Crippen molar-refractivity contribution in [3.05, 3.63) is 24.3 Å². The summed E-state index contributed by atoms with van der Waals surface area (Å²) in [5.41, 5.74) is 0. The van der Waals surface area contributed by atoms with Crippen molar-refractivity contribution in [2.75, 3.05) is 6.61 Å². The third kappa shape index (κ3) is 23.2. The van der Waals surface area contributed by atoms with Gasteiger partial charge in [0.1, 0.15) is 12.2 Å². The number of unbranched alkanes of at least 4 members (excludes halogenated alkanes) is 15. The Hall–Kier alpha value is -1.21. The molecule has 0 rings (SSSR count). The normalized spacial score (nSPS) is 15.1. The van der Waals surface area contributed by atoms with Crippen molar-refractivity contribution in [2.24, 2.45) is 0 Å². The molecule has 230 valence electrons. The second-order valence-electron chi connectivity index (χ2n) is 11.1. The van der Waals surface area contributed by atoms with Crippen molar-refractivity contribution in [1.82, 2.24) is 5.32 Å². The quantitative estimate of drug-likeness (QED) is 0.0535. The highest BCUT2D eigenvalue weighted by atomic mass is 16.3. The van der Waals surface area contributed by atoms with Crippen LogP contribution in [0.2, 0.25) is 0 Å². The number of nitrogens with one attached hydrogen (secondary N) is 1. The molecule has 0 aromatic carbocycles. The van der Waals surface area contributed by atoms with Crippen molar-refractivity contribution in [2.45, 2.75) is 173 Å². The lowest BCUT2D eigenvalue weighted by Crippen LogP contribution is -2.53. The number of carbonyl (C=O) groups is 1. The minimum atomic E-state index is -1.28. The average Bonchev–Trinajstić information content (AvgIpc) is 2.94. The highest BCUT2D eigenvalue weighted by Gasteiger charge is 2.28. The predicted octanol–water partition coefficient (Wildman–Crippen LogP) is 6.89. The van der Waals surface area contributed by atoms with E-state index < -0.39 is 36.9 Å². The molecule has 4 unspecified atom stereocenters. The zero-order valence-corrected chi connectivity index (χ0v) is 25.4. The summed E-state index contributed by atoms with van der Waals surface area (Å²) in [7, 11) is 0. The summed E-state index contributed by atoms with van der Waals surface area (Å²) in [6.07, 6.45) is 27.8. The van der Waals surface area contributed by atoms with Gasteiger partial charge in [-0.05, 0) is 44.9 Å². The van der Waals surface area contributed by atoms with E-state index in [0.717, 1.165) is 44.9 Å². The van der Waals surface area contributed by atoms with Crippen LogP contribution in [0.4, 0.5) is 0 Å².